The summed E-state index contributed by atoms with van der Waals surface area (Å²) in [5.74, 6) is -0.913. The van der Waals surface area contributed by atoms with Gasteiger partial charge in [-0.05, 0) is 42.0 Å². The minimum Gasteiger partial charge on any atom is -0.481 e. The number of rotatable bonds is 4. The summed E-state index contributed by atoms with van der Waals surface area (Å²) in [6.07, 6.45) is 2.60. The summed E-state index contributed by atoms with van der Waals surface area (Å²) in [5.41, 5.74) is 2.75. The molecule has 130 valence electrons. The maximum absolute atomic E-state index is 12.8. The summed E-state index contributed by atoms with van der Waals surface area (Å²) in [5, 5.41) is 12.2. The van der Waals surface area contributed by atoms with E-state index in [4.69, 9.17) is 0 Å². The molecule has 2 amide bonds. The van der Waals surface area contributed by atoms with Gasteiger partial charge in [-0.1, -0.05) is 30.3 Å². The quantitative estimate of drug-likeness (QED) is 0.812. The van der Waals surface area contributed by atoms with Crippen molar-refractivity contribution >= 4 is 29.4 Å². The van der Waals surface area contributed by atoms with Gasteiger partial charge in [0, 0.05) is 17.1 Å². The van der Waals surface area contributed by atoms with Crippen LogP contribution in [0.3, 0.4) is 0 Å². The van der Waals surface area contributed by atoms with Gasteiger partial charge in [0.2, 0.25) is 0 Å². The number of urea groups is 1. The van der Waals surface area contributed by atoms with Crippen LogP contribution in [0.5, 0.6) is 0 Å². The predicted octanol–water partition coefficient (Wildman–Crippen LogP) is 4.01. The van der Waals surface area contributed by atoms with E-state index < -0.39 is 12.0 Å². The van der Waals surface area contributed by atoms with Crippen LogP contribution in [0.15, 0.2) is 53.4 Å². The van der Waals surface area contributed by atoms with Crippen molar-refractivity contribution in [2.45, 2.75) is 23.8 Å². The summed E-state index contributed by atoms with van der Waals surface area (Å²) in [7, 11) is 0. The van der Waals surface area contributed by atoms with Gasteiger partial charge in [0.1, 0.15) is 0 Å². The molecule has 5 nitrogen and oxygen atoms in total. The molecule has 2 aromatic carbocycles. The van der Waals surface area contributed by atoms with Crippen LogP contribution in [-0.2, 0) is 11.2 Å². The molecule has 25 heavy (non-hydrogen) atoms. The first-order valence-corrected chi connectivity index (χ1v) is 9.32. The Morgan fingerprint density at radius 1 is 1.24 bits per heavy atom. The number of thioether (sulfide) groups is 1. The molecule has 0 aliphatic carbocycles. The zero-order valence-corrected chi connectivity index (χ0v) is 14.8. The van der Waals surface area contributed by atoms with E-state index in [1.54, 1.807) is 16.7 Å². The van der Waals surface area contributed by atoms with Crippen molar-refractivity contribution in [2.24, 2.45) is 0 Å². The van der Waals surface area contributed by atoms with Crippen LogP contribution in [-0.4, -0.2) is 34.8 Å². The number of carboxylic acids is 1. The number of anilines is 1. The highest BCUT2D eigenvalue weighted by Crippen LogP contribution is 2.32. The van der Waals surface area contributed by atoms with Crippen molar-refractivity contribution in [3.63, 3.8) is 0 Å². The van der Waals surface area contributed by atoms with Crippen molar-refractivity contribution in [3.05, 3.63) is 59.7 Å². The topological polar surface area (TPSA) is 69.6 Å². The molecule has 0 bridgehead atoms. The normalized spacial score (nSPS) is 16.2. The van der Waals surface area contributed by atoms with Gasteiger partial charge in [0.15, 0.2) is 0 Å². The van der Waals surface area contributed by atoms with Crippen molar-refractivity contribution in [3.8, 4) is 0 Å². The van der Waals surface area contributed by atoms with Crippen molar-refractivity contribution < 1.29 is 14.7 Å². The van der Waals surface area contributed by atoms with Gasteiger partial charge >= 0.3 is 12.0 Å². The first-order valence-electron chi connectivity index (χ1n) is 8.10. The van der Waals surface area contributed by atoms with Crippen LogP contribution in [0, 0.1) is 0 Å². The van der Waals surface area contributed by atoms with Gasteiger partial charge in [0.05, 0.1) is 12.5 Å². The number of carbonyl (C=O) groups excluding carboxylic acids is 1. The lowest BCUT2D eigenvalue weighted by molar-refractivity contribution is -0.138. The molecule has 0 saturated heterocycles. The Bertz CT molecular complexity index is 794. The summed E-state index contributed by atoms with van der Waals surface area (Å²) >= 11 is 1.60. The Morgan fingerprint density at radius 2 is 2.04 bits per heavy atom. The third kappa shape index (κ3) is 3.96. The number of hydrogen-bond acceptors (Lipinski definition) is 3. The minimum absolute atomic E-state index is 0.102. The van der Waals surface area contributed by atoms with E-state index in [0.717, 1.165) is 22.4 Å². The number of amides is 2. The molecular weight excluding hydrogens is 336 g/mol. The number of benzene rings is 2. The molecule has 1 heterocycles. The Labute approximate surface area is 151 Å². The second-order valence-electron chi connectivity index (χ2n) is 5.92. The molecule has 1 atom stereocenters. The van der Waals surface area contributed by atoms with Gasteiger partial charge in [-0.3, -0.25) is 4.79 Å². The molecule has 0 spiro atoms. The number of hydrogen-bond donors (Lipinski definition) is 2. The first-order chi connectivity index (χ1) is 12.1. The van der Waals surface area contributed by atoms with E-state index in [1.165, 1.54) is 0 Å². The fraction of sp³-hybridized carbons (Fsp3) is 0.263. The molecule has 1 aliphatic heterocycles. The zero-order chi connectivity index (χ0) is 17.8. The van der Waals surface area contributed by atoms with E-state index in [0.29, 0.717) is 12.2 Å². The van der Waals surface area contributed by atoms with Crippen LogP contribution in [0.25, 0.3) is 0 Å². The highest BCUT2D eigenvalue weighted by atomic mass is 32.2. The SMILES string of the molecule is CSc1cccc(NC(=O)N2CCc3ccccc3C2CC(=O)O)c1. The average Bonchev–Trinajstić information content (AvgIpc) is 2.61. The lowest BCUT2D eigenvalue weighted by Crippen LogP contribution is -2.43. The monoisotopic (exact) mass is 356 g/mol. The smallest absolute Gasteiger partial charge is 0.322 e. The molecular formula is C19H20N2O3S. The van der Waals surface area contributed by atoms with E-state index in [1.807, 2.05) is 54.8 Å². The average molecular weight is 356 g/mol. The number of carboxylic acid groups (broad SMARTS) is 1. The molecule has 0 saturated carbocycles. The standard InChI is InChI=1S/C19H20N2O3S/c1-25-15-7-4-6-14(11-15)20-19(24)21-10-9-13-5-2-3-8-16(13)17(21)12-18(22)23/h2-8,11,17H,9-10,12H2,1H3,(H,20,24)(H,22,23). The summed E-state index contributed by atoms with van der Waals surface area (Å²) in [6.45, 7) is 0.503. The van der Waals surface area contributed by atoms with E-state index >= 15 is 0 Å². The van der Waals surface area contributed by atoms with Crippen LogP contribution in [0.1, 0.15) is 23.6 Å². The van der Waals surface area contributed by atoms with Gasteiger partial charge < -0.3 is 15.3 Å². The lowest BCUT2D eigenvalue weighted by atomic mass is 9.91. The predicted molar refractivity (Wildman–Crippen MR) is 99.1 cm³/mol. The van der Waals surface area contributed by atoms with Crippen LogP contribution in [0.2, 0.25) is 0 Å². The summed E-state index contributed by atoms with van der Waals surface area (Å²) < 4.78 is 0. The number of carbonyl (C=O) groups is 2. The molecule has 0 aromatic heterocycles. The summed E-state index contributed by atoms with van der Waals surface area (Å²) in [4.78, 5) is 26.8. The van der Waals surface area contributed by atoms with Gasteiger partial charge in [-0.25, -0.2) is 4.79 Å². The Balaban J connectivity index is 1.84. The van der Waals surface area contributed by atoms with Gasteiger partial charge in [-0.2, -0.15) is 0 Å². The van der Waals surface area contributed by atoms with Gasteiger partial charge in [0.25, 0.3) is 0 Å². The maximum Gasteiger partial charge on any atom is 0.322 e. The van der Waals surface area contributed by atoms with Crippen molar-refractivity contribution in [1.29, 1.82) is 0 Å². The van der Waals surface area contributed by atoms with Crippen LogP contribution in [0.4, 0.5) is 10.5 Å². The number of nitrogens with zero attached hydrogens (tertiary/aromatic N) is 1. The largest absolute Gasteiger partial charge is 0.481 e. The molecule has 2 aromatic rings. The highest BCUT2D eigenvalue weighted by Gasteiger charge is 2.32. The Kier molecular flexibility index (Phi) is 5.28. The fourth-order valence-corrected chi connectivity index (χ4v) is 3.64. The summed E-state index contributed by atoms with van der Waals surface area (Å²) in [6, 6.07) is 14.6. The van der Waals surface area contributed by atoms with Crippen molar-refractivity contribution in [1.82, 2.24) is 4.90 Å². The van der Waals surface area contributed by atoms with Crippen molar-refractivity contribution in [2.75, 3.05) is 18.1 Å². The Hall–Kier alpha value is -2.47. The minimum atomic E-state index is -0.913. The van der Waals surface area contributed by atoms with Crippen LogP contribution >= 0.6 is 11.8 Å². The third-order valence-electron chi connectivity index (χ3n) is 4.36. The van der Waals surface area contributed by atoms with Crippen LogP contribution < -0.4 is 5.32 Å². The number of aliphatic carboxylic acids is 1. The van der Waals surface area contributed by atoms with E-state index in [2.05, 4.69) is 5.32 Å². The molecule has 0 radical (unpaired) electrons. The molecule has 0 fully saturated rings. The molecule has 3 rings (SSSR count). The number of fused-ring (bicyclic) bond motifs is 1. The third-order valence-corrected chi connectivity index (χ3v) is 5.09. The van der Waals surface area contributed by atoms with Gasteiger partial charge in [-0.15, -0.1) is 11.8 Å². The number of nitrogens with one attached hydrogen (secondary N) is 1. The second kappa shape index (κ2) is 7.61. The second-order valence-corrected chi connectivity index (χ2v) is 6.80. The first kappa shape index (κ1) is 17.4. The molecule has 1 aliphatic rings. The molecule has 1 unspecified atom stereocenters. The Morgan fingerprint density at radius 3 is 2.80 bits per heavy atom. The molecule has 6 heteroatoms. The van der Waals surface area contributed by atoms with E-state index in [-0.39, 0.29) is 12.5 Å². The highest BCUT2D eigenvalue weighted by molar-refractivity contribution is 7.98. The maximum atomic E-state index is 12.8. The van der Waals surface area contributed by atoms with E-state index in [9.17, 15) is 14.7 Å². The fourth-order valence-electron chi connectivity index (χ4n) is 3.18. The lowest BCUT2D eigenvalue weighted by Gasteiger charge is -2.36. The zero-order valence-electron chi connectivity index (χ0n) is 13.9. The molecule has 2 N–H and O–H groups in total.